The summed E-state index contributed by atoms with van der Waals surface area (Å²) in [6.07, 6.45) is 3.48. The lowest BCUT2D eigenvalue weighted by molar-refractivity contribution is -0.140. The predicted molar refractivity (Wildman–Crippen MR) is 126 cm³/mol. The quantitative estimate of drug-likeness (QED) is 0.232. The maximum Gasteiger partial charge on any atom is 0.412 e. The molecule has 8 nitrogen and oxygen atoms in total. The number of carbonyl (C=O) groups excluding carboxylic acids is 2. The highest BCUT2D eigenvalue weighted by Crippen LogP contribution is 2.44. The molecular formula is C26H31NO7. The molecule has 1 saturated heterocycles. The van der Waals surface area contributed by atoms with Crippen molar-refractivity contribution in [3.8, 4) is 11.5 Å². The molecule has 0 bridgehead atoms. The van der Waals surface area contributed by atoms with Gasteiger partial charge in [-0.15, -0.1) is 0 Å². The van der Waals surface area contributed by atoms with Crippen LogP contribution in [0.4, 0.5) is 4.79 Å². The highest BCUT2D eigenvalue weighted by Gasteiger charge is 2.28. The van der Waals surface area contributed by atoms with Crippen molar-refractivity contribution in [1.82, 2.24) is 5.32 Å². The number of esters is 1. The van der Waals surface area contributed by atoms with E-state index in [1.54, 1.807) is 6.92 Å². The van der Waals surface area contributed by atoms with Crippen LogP contribution < -0.4 is 14.8 Å². The molecule has 1 aliphatic heterocycles. The van der Waals surface area contributed by atoms with Crippen LogP contribution in [0.25, 0.3) is 10.8 Å². The van der Waals surface area contributed by atoms with Crippen molar-refractivity contribution in [3.05, 3.63) is 47.5 Å². The molecule has 1 N–H and O–H groups in total. The maximum absolute atomic E-state index is 12.6. The molecule has 2 aromatic rings. The van der Waals surface area contributed by atoms with Gasteiger partial charge in [-0.25, -0.2) is 9.59 Å². The van der Waals surface area contributed by atoms with Crippen molar-refractivity contribution in [2.45, 2.75) is 38.7 Å². The van der Waals surface area contributed by atoms with Crippen LogP contribution in [-0.4, -0.2) is 57.7 Å². The topological polar surface area (TPSA) is 95.6 Å². The van der Waals surface area contributed by atoms with E-state index in [1.165, 1.54) is 0 Å². The summed E-state index contributed by atoms with van der Waals surface area (Å²) in [6.45, 7) is 7.29. The predicted octanol–water partition coefficient (Wildman–Crippen LogP) is 3.72. The van der Waals surface area contributed by atoms with E-state index in [2.05, 4.69) is 11.9 Å². The van der Waals surface area contributed by atoms with Crippen LogP contribution >= 0.6 is 0 Å². The van der Waals surface area contributed by atoms with E-state index in [-0.39, 0.29) is 32.5 Å². The molecule has 1 fully saturated rings. The van der Waals surface area contributed by atoms with E-state index in [1.807, 2.05) is 24.3 Å². The first-order valence-electron chi connectivity index (χ1n) is 11.7. The third kappa shape index (κ3) is 6.07. The molecule has 4 rings (SSSR count). The van der Waals surface area contributed by atoms with Gasteiger partial charge in [0.1, 0.15) is 30.8 Å². The van der Waals surface area contributed by atoms with Crippen LogP contribution in [0.5, 0.6) is 11.5 Å². The minimum absolute atomic E-state index is 0.134. The fraction of sp³-hybridized carbons (Fsp3) is 0.462. The largest absolute Gasteiger partial charge is 0.490 e. The van der Waals surface area contributed by atoms with Crippen LogP contribution in [0.3, 0.4) is 0 Å². The normalized spacial score (nSPS) is 16.4. The number of hydrogen-bond acceptors (Lipinski definition) is 7. The number of carbonyl (C=O) groups is 2. The minimum Gasteiger partial charge on any atom is -0.490 e. The Labute approximate surface area is 199 Å². The van der Waals surface area contributed by atoms with Gasteiger partial charge in [-0.2, -0.15) is 0 Å². The second-order valence-electron chi connectivity index (χ2n) is 8.48. The van der Waals surface area contributed by atoms with Gasteiger partial charge in [0.15, 0.2) is 0 Å². The smallest absolute Gasteiger partial charge is 0.412 e. The first-order valence-corrected chi connectivity index (χ1v) is 11.7. The second kappa shape index (κ2) is 11.4. The third-order valence-corrected chi connectivity index (χ3v) is 5.77. The zero-order chi connectivity index (χ0) is 23.9. The highest BCUT2D eigenvalue weighted by atomic mass is 16.6. The Balaban J connectivity index is 1.38. The molecular weight excluding hydrogens is 438 g/mol. The zero-order valence-corrected chi connectivity index (χ0v) is 19.5. The van der Waals surface area contributed by atoms with Crippen molar-refractivity contribution in [3.63, 3.8) is 0 Å². The second-order valence-corrected chi connectivity index (χ2v) is 8.48. The van der Waals surface area contributed by atoms with Crippen molar-refractivity contribution in [1.29, 1.82) is 0 Å². The average Bonchev–Trinajstić information content (AvgIpc) is 3.67. The standard InChI is InChI=1S/C26H31NO7/c1-17(2)25(28)31-14-13-30-12-11-27-26(29)34-24-21-9-5-3-7-19(21)23(33-16-18-15-32-18)20-8-4-6-10-22(20)24/h3,5,7,9,18H,1,4,6,8,10-16H2,2H3,(H,27,29). The third-order valence-electron chi connectivity index (χ3n) is 5.77. The molecule has 0 spiro atoms. The number of epoxide rings is 1. The van der Waals surface area contributed by atoms with Crippen LogP contribution in [0, 0.1) is 0 Å². The number of ether oxygens (including phenoxy) is 5. The molecule has 1 aliphatic carbocycles. The Hall–Kier alpha value is -3.10. The molecule has 0 saturated carbocycles. The molecule has 34 heavy (non-hydrogen) atoms. The van der Waals surface area contributed by atoms with Crippen LogP contribution in [0.15, 0.2) is 36.4 Å². The number of nitrogens with one attached hydrogen (secondary N) is 1. The Morgan fingerprint density at radius 3 is 2.41 bits per heavy atom. The molecule has 1 unspecified atom stereocenters. The highest BCUT2D eigenvalue weighted by molar-refractivity contribution is 5.97. The fourth-order valence-electron chi connectivity index (χ4n) is 4.01. The van der Waals surface area contributed by atoms with Gasteiger partial charge >= 0.3 is 12.1 Å². The van der Waals surface area contributed by atoms with Crippen LogP contribution in [0.2, 0.25) is 0 Å². The molecule has 1 atom stereocenters. The minimum atomic E-state index is -0.532. The van der Waals surface area contributed by atoms with E-state index in [0.29, 0.717) is 17.9 Å². The van der Waals surface area contributed by atoms with Gasteiger partial charge in [-0.3, -0.25) is 0 Å². The molecule has 0 aromatic heterocycles. The Kier molecular flexibility index (Phi) is 8.03. The lowest BCUT2D eigenvalue weighted by Crippen LogP contribution is -2.31. The molecule has 8 heteroatoms. The lowest BCUT2D eigenvalue weighted by Gasteiger charge is -2.25. The lowest BCUT2D eigenvalue weighted by atomic mass is 9.87. The van der Waals surface area contributed by atoms with Gasteiger partial charge in [0.25, 0.3) is 0 Å². The number of amides is 1. The van der Waals surface area contributed by atoms with E-state index >= 15 is 0 Å². The maximum atomic E-state index is 12.6. The van der Waals surface area contributed by atoms with E-state index in [9.17, 15) is 9.59 Å². The van der Waals surface area contributed by atoms with Gasteiger partial charge in [-0.1, -0.05) is 30.8 Å². The van der Waals surface area contributed by atoms with Crippen molar-refractivity contribution in [2.75, 3.05) is 39.6 Å². The summed E-state index contributed by atoms with van der Waals surface area (Å²) in [7, 11) is 0. The summed E-state index contributed by atoms with van der Waals surface area (Å²) in [5.74, 6) is 1.04. The Bertz CT molecular complexity index is 1060. The monoisotopic (exact) mass is 469 g/mol. The summed E-state index contributed by atoms with van der Waals surface area (Å²) < 4.78 is 27.7. The van der Waals surface area contributed by atoms with Gasteiger partial charge in [0.05, 0.1) is 19.8 Å². The number of hydrogen-bond donors (Lipinski definition) is 1. The first-order chi connectivity index (χ1) is 16.5. The van der Waals surface area contributed by atoms with Crippen molar-refractivity contribution < 1.29 is 33.3 Å². The van der Waals surface area contributed by atoms with Crippen molar-refractivity contribution in [2.24, 2.45) is 0 Å². The summed E-state index contributed by atoms with van der Waals surface area (Å²) in [4.78, 5) is 23.9. The molecule has 0 radical (unpaired) electrons. The number of rotatable bonds is 11. The average molecular weight is 470 g/mol. The first kappa shape index (κ1) is 24.0. The SMILES string of the molecule is C=C(C)C(=O)OCCOCCNC(=O)Oc1c2c(c(OCC3CO3)c3ccccc13)CCCC2. The van der Waals surface area contributed by atoms with E-state index in [0.717, 1.165) is 59.9 Å². The molecule has 182 valence electrons. The van der Waals surface area contributed by atoms with Gasteiger partial charge in [-0.05, 0) is 32.6 Å². The molecule has 1 amide bonds. The number of benzene rings is 2. The van der Waals surface area contributed by atoms with Gasteiger partial charge in [0.2, 0.25) is 0 Å². The molecule has 1 heterocycles. The summed E-state index contributed by atoms with van der Waals surface area (Å²) in [5, 5.41) is 4.53. The Morgan fingerprint density at radius 1 is 1.06 bits per heavy atom. The molecule has 2 aliphatic rings. The van der Waals surface area contributed by atoms with E-state index < -0.39 is 12.1 Å². The summed E-state index contributed by atoms with van der Waals surface area (Å²) in [5.41, 5.74) is 2.51. The van der Waals surface area contributed by atoms with Gasteiger partial charge < -0.3 is 29.0 Å². The van der Waals surface area contributed by atoms with Crippen molar-refractivity contribution >= 4 is 22.8 Å². The van der Waals surface area contributed by atoms with Crippen LogP contribution in [0.1, 0.15) is 30.9 Å². The Morgan fingerprint density at radius 2 is 1.74 bits per heavy atom. The summed E-state index contributed by atoms with van der Waals surface area (Å²) in [6, 6.07) is 7.87. The molecule has 2 aromatic carbocycles. The zero-order valence-electron chi connectivity index (χ0n) is 19.5. The van der Waals surface area contributed by atoms with E-state index in [4.69, 9.17) is 23.7 Å². The van der Waals surface area contributed by atoms with Crippen LogP contribution in [-0.2, 0) is 31.8 Å². The summed E-state index contributed by atoms with van der Waals surface area (Å²) >= 11 is 0. The fourth-order valence-corrected chi connectivity index (χ4v) is 4.01. The van der Waals surface area contributed by atoms with Gasteiger partial charge in [0, 0.05) is 34.0 Å². The number of fused-ring (bicyclic) bond motifs is 2.